The van der Waals surface area contributed by atoms with Crippen LogP contribution in [0.3, 0.4) is 0 Å². The minimum atomic E-state index is -1.62. The van der Waals surface area contributed by atoms with Crippen LogP contribution in [0.4, 0.5) is 0 Å². The molecule has 0 heterocycles. The van der Waals surface area contributed by atoms with Crippen molar-refractivity contribution < 1.29 is 20.1 Å². The third-order valence-electron chi connectivity index (χ3n) is 1.94. The molecule has 0 amide bonds. The third-order valence-corrected chi connectivity index (χ3v) is 2.16. The maximum Gasteiger partial charge on any atom is 0.335 e. The Bertz CT molecular complexity index is 455. The number of aliphatic hydroxyl groups excluding tert-OH is 2. The van der Waals surface area contributed by atoms with Crippen LogP contribution in [0, 0.1) is 11.3 Å². The Morgan fingerprint density at radius 1 is 1.38 bits per heavy atom. The van der Waals surface area contributed by atoms with E-state index in [1.807, 2.05) is 0 Å². The summed E-state index contributed by atoms with van der Waals surface area (Å²) in [5.74, 6) is -1.21. The van der Waals surface area contributed by atoms with Gasteiger partial charge in [-0.3, -0.25) is 0 Å². The molecule has 84 valence electrons. The number of rotatable bonds is 3. The summed E-state index contributed by atoms with van der Waals surface area (Å²) in [5.41, 5.74) is -0.0364. The molecule has 0 aliphatic heterocycles. The van der Waals surface area contributed by atoms with Crippen molar-refractivity contribution in [1.29, 1.82) is 5.26 Å². The summed E-state index contributed by atoms with van der Waals surface area (Å²) in [5, 5.41) is 35.9. The molecule has 2 unspecified atom stereocenters. The van der Waals surface area contributed by atoms with E-state index in [2.05, 4.69) is 0 Å². The molecule has 1 aromatic rings. The van der Waals surface area contributed by atoms with Crippen LogP contribution in [0.25, 0.3) is 0 Å². The van der Waals surface area contributed by atoms with Crippen molar-refractivity contribution in [3.63, 3.8) is 0 Å². The topological polar surface area (TPSA) is 102 Å². The molecule has 0 saturated carbocycles. The van der Waals surface area contributed by atoms with Crippen LogP contribution >= 0.6 is 11.6 Å². The number of aliphatic hydroxyl groups is 2. The molecule has 0 fully saturated rings. The minimum absolute atomic E-state index is 0.0824. The maximum atomic E-state index is 10.7. The van der Waals surface area contributed by atoms with Crippen LogP contribution < -0.4 is 0 Å². The normalized spacial score (nSPS) is 13.9. The lowest BCUT2D eigenvalue weighted by Crippen LogP contribution is -2.16. The second-order valence-corrected chi connectivity index (χ2v) is 3.53. The van der Waals surface area contributed by atoms with E-state index < -0.39 is 18.2 Å². The average molecular weight is 242 g/mol. The molecule has 0 aliphatic carbocycles. The number of carbonyl (C=O) groups is 1. The predicted molar refractivity (Wildman–Crippen MR) is 55.0 cm³/mol. The van der Waals surface area contributed by atoms with Crippen molar-refractivity contribution in [3.05, 3.63) is 34.3 Å². The Hall–Kier alpha value is -1.61. The standard InChI is InChI=1S/C10H8ClNO4/c11-7-2-5(9(14)8(13)4-12)1-6(3-7)10(15)16/h1-3,8-9,13-14H,(H,15,16). The molecule has 16 heavy (non-hydrogen) atoms. The summed E-state index contributed by atoms with van der Waals surface area (Å²) < 4.78 is 0. The van der Waals surface area contributed by atoms with Gasteiger partial charge in [-0.2, -0.15) is 5.26 Å². The van der Waals surface area contributed by atoms with Crippen molar-refractivity contribution in [2.45, 2.75) is 12.2 Å². The predicted octanol–water partition coefficient (Wildman–Crippen LogP) is 0.956. The van der Waals surface area contributed by atoms with Gasteiger partial charge < -0.3 is 15.3 Å². The van der Waals surface area contributed by atoms with Gasteiger partial charge in [-0.25, -0.2) is 4.79 Å². The van der Waals surface area contributed by atoms with Gasteiger partial charge in [-0.1, -0.05) is 11.6 Å². The fraction of sp³-hybridized carbons (Fsp3) is 0.200. The molecule has 0 spiro atoms. The second kappa shape index (κ2) is 4.94. The first-order valence-electron chi connectivity index (χ1n) is 4.25. The van der Waals surface area contributed by atoms with Gasteiger partial charge in [0.15, 0.2) is 6.10 Å². The van der Waals surface area contributed by atoms with Gasteiger partial charge in [-0.05, 0) is 23.8 Å². The van der Waals surface area contributed by atoms with Gasteiger partial charge >= 0.3 is 5.97 Å². The lowest BCUT2D eigenvalue weighted by atomic mass is 10.0. The van der Waals surface area contributed by atoms with Crippen LogP contribution in [0.5, 0.6) is 0 Å². The van der Waals surface area contributed by atoms with Crippen molar-refractivity contribution in [1.82, 2.24) is 0 Å². The highest BCUT2D eigenvalue weighted by Gasteiger charge is 2.19. The van der Waals surface area contributed by atoms with E-state index in [1.54, 1.807) is 0 Å². The molecule has 1 aromatic carbocycles. The monoisotopic (exact) mass is 241 g/mol. The van der Waals surface area contributed by atoms with Crippen LogP contribution in [-0.4, -0.2) is 27.4 Å². The fourth-order valence-electron chi connectivity index (χ4n) is 1.16. The van der Waals surface area contributed by atoms with Crippen LogP contribution in [0.15, 0.2) is 18.2 Å². The summed E-state index contributed by atoms with van der Waals surface area (Å²) in [6.45, 7) is 0. The van der Waals surface area contributed by atoms with Crippen LogP contribution in [0.2, 0.25) is 5.02 Å². The molecule has 0 saturated heterocycles. The van der Waals surface area contributed by atoms with Crippen molar-refractivity contribution in [3.8, 4) is 6.07 Å². The van der Waals surface area contributed by atoms with E-state index in [0.29, 0.717) is 0 Å². The van der Waals surface area contributed by atoms with Crippen LogP contribution in [-0.2, 0) is 0 Å². The summed E-state index contributed by atoms with van der Waals surface area (Å²) in [4.78, 5) is 10.7. The zero-order chi connectivity index (χ0) is 12.3. The molecule has 2 atom stereocenters. The van der Waals surface area contributed by atoms with E-state index in [0.717, 1.165) is 6.07 Å². The number of nitrogens with zero attached hydrogens (tertiary/aromatic N) is 1. The fourth-order valence-corrected chi connectivity index (χ4v) is 1.40. The summed E-state index contributed by atoms with van der Waals surface area (Å²) in [7, 11) is 0. The Balaban J connectivity index is 3.15. The second-order valence-electron chi connectivity index (χ2n) is 3.10. The molecule has 0 aromatic heterocycles. The molecular formula is C10H8ClNO4. The molecule has 0 bridgehead atoms. The largest absolute Gasteiger partial charge is 0.478 e. The highest BCUT2D eigenvalue weighted by Crippen LogP contribution is 2.22. The molecule has 0 aliphatic rings. The third kappa shape index (κ3) is 2.70. The van der Waals surface area contributed by atoms with Crippen LogP contribution in [0.1, 0.15) is 22.0 Å². The zero-order valence-electron chi connectivity index (χ0n) is 7.96. The molecule has 3 N–H and O–H groups in total. The Labute approximate surface area is 96.1 Å². The first-order chi connectivity index (χ1) is 7.45. The number of halogens is 1. The van der Waals surface area contributed by atoms with E-state index in [4.69, 9.17) is 27.1 Å². The number of nitriles is 1. The first-order valence-corrected chi connectivity index (χ1v) is 4.63. The highest BCUT2D eigenvalue weighted by atomic mass is 35.5. The van der Waals surface area contributed by atoms with E-state index >= 15 is 0 Å². The summed E-state index contributed by atoms with van der Waals surface area (Å²) in [6.07, 6.45) is -3.11. The Morgan fingerprint density at radius 2 is 2.00 bits per heavy atom. The molecule has 0 radical (unpaired) electrons. The van der Waals surface area contributed by atoms with Crippen molar-refractivity contribution in [2.75, 3.05) is 0 Å². The first kappa shape index (κ1) is 12.5. The molecular weight excluding hydrogens is 234 g/mol. The van der Waals surface area contributed by atoms with E-state index in [-0.39, 0.29) is 16.1 Å². The number of hydrogen-bond donors (Lipinski definition) is 3. The van der Waals surface area contributed by atoms with E-state index in [1.165, 1.54) is 18.2 Å². The minimum Gasteiger partial charge on any atom is -0.478 e. The lowest BCUT2D eigenvalue weighted by Gasteiger charge is -2.12. The number of benzene rings is 1. The van der Waals surface area contributed by atoms with Crippen molar-refractivity contribution in [2.24, 2.45) is 0 Å². The molecule has 6 heteroatoms. The molecule has 5 nitrogen and oxygen atoms in total. The molecule has 1 rings (SSSR count). The summed E-state index contributed by atoms with van der Waals surface area (Å²) >= 11 is 5.65. The van der Waals surface area contributed by atoms with Crippen molar-refractivity contribution >= 4 is 17.6 Å². The SMILES string of the molecule is N#CC(O)C(O)c1cc(Cl)cc(C(=O)O)c1. The lowest BCUT2D eigenvalue weighted by molar-refractivity contribution is 0.0525. The number of aromatic carboxylic acids is 1. The van der Waals surface area contributed by atoms with E-state index in [9.17, 15) is 9.90 Å². The van der Waals surface area contributed by atoms with Gasteiger partial charge in [0.1, 0.15) is 6.10 Å². The maximum absolute atomic E-state index is 10.7. The van der Waals surface area contributed by atoms with Gasteiger partial charge in [0, 0.05) is 5.02 Å². The van der Waals surface area contributed by atoms with Gasteiger partial charge in [-0.15, -0.1) is 0 Å². The van der Waals surface area contributed by atoms with Gasteiger partial charge in [0.05, 0.1) is 11.6 Å². The zero-order valence-corrected chi connectivity index (χ0v) is 8.72. The summed E-state index contributed by atoms with van der Waals surface area (Å²) in [6, 6.07) is 5.10. The number of carboxylic acids is 1. The smallest absolute Gasteiger partial charge is 0.335 e. The Kier molecular flexibility index (Phi) is 3.85. The van der Waals surface area contributed by atoms with Gasteiger partial charge in [0.25, 0.3) is 0 Å². The Morgan fingerprint density at radius 3 is 2.50 bits per heavy atom. The average Bonchev–Trinajstić information content (AvgIpc) is 2.26. The van der Waals surface area contributed by atoms with Gasteiger partial charge in [0.2, 0.25) is 0 Å². The number of carboxylic acid groups (broad SMARTS) is 1. The highest BCUT2D eigenvalue weighted by molar-refractivity contribution is 6.31. The quantitative estimate of drug-likeness (QED) is 0.684. The number of hydrogen-bond acceptors (Lipinski definition) is 4.